The topological polar surface area (TPSA) is 59.3 Å². The van der Waals surface area contributed by atoms with Crippen molar-refractivity contribution in [3.8, 4) is 0 Å². The Kier molecular flexibility index (Phi) is 2.86. The quantitative estimate of drug-likeness (QED) is 0.771. The van der Waals surface area contributed by atoms with Crippen molar-refractivity contribution in [3.63, 3.8) is 0 Å². The second-order valence-electron chi connectivity index (χ2n) is 2.89. The first-order valence-electron chi connectivity index (χ1n) is 4.15. The lowest BCUT2D eigenvalue weighted by atomic mass is 10.2. The SMILES string of the molecule is CC=Cn1cc(C(=O)O)c(=O)cc1C. The number of hydrogen-bond donors (Lipinski definition) is 1. The van der Waals surface area contributed by atoms with E-state index in [0.717, 1.165) is 0 Å². The molecule has 0 spiro atoms. The Balaban J connectivity index is 3.42. The first-order chi connectivity index (χ1) is 6.56. The Morgan fingerprint density at radius 1 is 1.57 bits per heavy atom. The van der Waals surface area contributed by atoms with E-state index in [1.807, 2.05) is 6.92 Å². The van der Waals surface area contributed by atoms with Crippen molar-refractivity contribution >= 4 is 12.2 Å². The van der Waals surface area contributed by atoms with Crippen LogP contribution in [0.25, 0.3) is 6.20 Å². The van der Waals surface area contributed by atoms with Crippen LogP contribution in [0.15, 0.2) is 23.1 Å². The fourth-order valence-electron chi connectivity index (χ4n) is 1.13. The molecule has 0 bridgehead atoms. The van der Waals surface area contributed by atoms with Crippen molar-refractivity contribution in [1.82, 2.24) is 4.57 Å². The molecular weight excluding hydrogens is 182 g/mol. The Morgan fingerprint density at radius 2 is 2.21 bits per heavy atom. The van der Waals surface area contributed by atoms with E-state index in [2.05, 4.69) is 0 Å². The van der Waals surface area contributed by atoms with Crippen LogP contribution in [0.2, 0.25) is 0 Å². The number of carboxylic acid groups (broad SMARTS) is 1. The average Bonchev–Trinajstić information content (AvgIpc) is 2.09. The summed E-state index contributed by atoms with van der Waals surface area (Å²) < 4.78 is 1.60. The lowest BCUT2D eigenvalue weighted by Crippen LogP contribution is -2.17. The van der Waals surface area contributed by atoms with Crippen molar-refractivity contribution < 1.29 is 9.90 Å². The molecule has 1 aromatic heterocycles. The van der Waals surface area contributed by atoms with E-state index < -0.39 is 11.4 Å². The maximum atomic E-state index is 11.2. The van der Waals surface area contributed by atoms with Gasteiger partial charge in [0.2, 0.25) is 0 Å². The summed E-state index contributed by atoms with van der Waals surface area (Å²) in [5, 5.41) is 8.71. The third kappa shape index (κ3) is 1.90. The van der Waals surface area contributed by atoms with Crippen LogP contribution in [0.5, 0.6) is 0 Å². The van der Waals surface area contributed by atoms with Crippen molar-refractivity contribution in [2.24, 2.45) is 0 Å². The molecule has 0 saturated heterocycles. The molecule has 0 amide bonds. The summed E-state index contributed by atoms with van der Waals surface area (Å²) in [7, 11) is 0. The molecule has 4 nitrogen and oxygen atoms in total. The van der Waals surface area contributed by atoms with E-state index in [-0.39, 0.29) is 5.56 Å². The van der Waals surface area contributed by atoms with Crippen molar-refractivity contribution in [1.29, 1.82) is 0 Å². The zero-order valence-corrected chi connectivity index (χ0v) is 8.02. The summed E-state index contributed by atoms with van der Waals surface area (Å²) in [6, 6.07) is 1.31. The molecule has 0 aliphatic rings. The predicted molar refractivity (Wildman–Crippen MR) is 53.4 cm³/mol. The molecule has 1 aromatic rings. The zero-order chi connectivity index (χ0) is 10.7. The zero-order valence-electron chi connectivity index (χ0n) is 8.02. The summed E-state index contributed by atoms with van der Waals surface area (Å²) in [5.41, 5.74) is 0.0301. The van der Waals surface area contributed by atoms with Gasteiger partial charge in [-0.25, -0.2) is 4.79 Å². The van der Waals surface area contributed by atoms with Crippen LogP contribution < -0.4 is 5.43 Å². The molecule has 0 saturated carbocycles. The molecular formula is C10H11NO3. The standard InChI is InChI=1S/C10H11NO3/c1-3-4-11-6-8(10(13)14)9(12)5-7(11)2/h3-6H,1-2H3,(H,13,14). The molecule has 0 aliphatic heterocycles. The lowest BCUT2D eigenvalue weighted by Gasteiger charge is -2.05. The van der Waals surface area contributed by atoms with E-state index in [1.165, 1.54) is 12.3 Å². The molecule has 74 valence electrons. The van der Waals surface area contributed by atoms with Crippen LogP contribution in [0, 0.1) is 6.92 Å². The second-order valence-corrected chi connectivity index (χ2v) is 2.89. The molecule has 14 heavy (non-hydrogen) atoms. The van der Waals surface area contributed by atoms with Crippen LogP contribution in [-0.4, -0.2) is 15.6 Å². The number of carbonyl (C=O) groups is 1. The first-order valence-corrected chi connectivity index (χ1v) is 4.15. The highest BCUT2D eigenvalue weighted by atomic mass is 16.4. The number of pyridine rings is 1. The minimum absolute atomic E-state index is 0.214. The minimum atomic E-state index is -1.20. The maximum absolute atomic E-state index is 11.2. The fourth-order valence-corrected chi connectivity index (χ4v) is 1.13. The normalized spacial score (nSPS) is 10.7. The molecule has 1 rings (SSSR count). The monoisotopic (exact) mass is 193 g/mol. The van der Waals surface area contributed by atoms with Crippen LogP contribution in [0.3, 0.4) is 0 Å². The van der Waals surface area contributed by atoms with Gasteiger partial charge in [0.25, 0.3) is 0 Å². The number of aromatic nitrogens is 1. The Labute approximate surface area is 81.1 Å². The van der Waals surface area contributed by atoms with Gasteiger partial charge < -0.3 is 9.67 Å². The van der Waals surface area contributed by atoms with Gasteiger partial charge in [0, 0.05) is 24.2 Å². The van der Waals surface area contributed by atoms with Gasteiger partial charge in [-0.15, -0.1) is 0 Å². The van der Waals surface area contributed by atoms with Crippen LogP contribution in [0.1, 0.15) is 23.0 Å². The van der Waals surface area contributed by atoms with E-state index in [1.54, 1.807) is 23.8 Å². The number of aryl methyl sites for hydroxylation is 1. The summed E-state index contributed by atoms with van der Waals surface area (Å²) in [6.07, 6.45) is 4.78. The first kappa shape index (κ1) is 10.2. The minimum Gasteiger partial charge on any atom is -0.477 e. The third-order valence-electron chi connectivity index (χ3n) is 1.82. The summed E-state index contributed by atoms with van der Waals surface area (Å²) in [4.78, 5) is 21.9. The number of carboxylic acids is 1. The molecule has 1 heterocycles. The van der Waals surface area contributed by atoms with E-state index in [4.69, 9.17) is 5.11 Å². The van der Waals surface area contributed by atoms with E-state index in [0.29, 0.717) is 5.69 Å². The third-order valence-corrected chi connectivity index (χ3v) is 1.82. The van der Waals surface area contributed by atoms with Gasteiger partial charge in [0.15, 0.2) is 5.43 Å². The summed E-state index contributed by atoms with van der Waals surface area (Å²) in [6.45, 7) is 3.56. The van der Waals surface area contributed by atoms with Gasteiger partial charge in [-0.3, -0.25) is 4.79 Å². The van der Waals surface area contributed by atoms with Gasteiger partial charge in [0.1, 0.15) is 5.56 Å². The molecule has 0 radical (unpaired) electrons. The van der Waals surface area contributed by atoms with Crippen molar-refractivity contribution in [2.75, 3.05) is 0 Å². The number of rotatable bonds is 2. The van der Waals surface area contributed by atoms with Crippen LogP contribution >= 0.6 is 0 Å². The molecule has 0 atom stereocenters. The molecule has 0 aliphatic carbocycles. The van der Waals surface area contributed by atoms with Gasteiger partial charge >= 0.3 is 5.97 Å². The Morgan fingerprint density at radius 3 is 2.71 bits per heavy atom. The predicted octanol–water partition coefficient (Wildman–Crippen LogP) is 1.35. The van der Waals surface area contributed by atoms with Crippen molar-refractivity contribution in [3.05, 3.63) is 39.8 Å². The summed E-state index contributed by atoms with van der Waals surface area (Å²) in [5.74, 6) is -1.20. The van der Waals surface area contributed by atoms with Gasteiger partial charge in [-0.1, -0.05) is 6.08 Å². The number of nitrogens with zero attached hydrogens (tertiary/aromatic N) is 1. The maximum Gasteiger partial charge on any atom is 0.341 e. The molecule has 1 N–H and O–H groups in total. The Hall–Kier alpha value is -1.84. The fraction of sp³-hybridized carbons (Fsp3) is 0.200. The number of aromatic carboxylic acids is 1. The van der Waals surface area contributed by atoms with Crippen LogP contribution in [0.4, 0.5) is 0 Å². The van der Waals surface area contributed by atoms with E-state index in [9.17, 15) is 9.59 Å². The molecule has 4 heteroatoms. The van der Waals surface area contributed by atoms with Crippen molar-refractivity contribution in [2.45, 2.75) is 13.8 Å². The summed E-state index contributed by atoms with van der Waals surface area (Å²) >= 11 is 0. The van der Waals surface area contributed by atoms with Gasteiger partial charge in [0.05, 0.1) is 0 Å². The highest BCUT2D eigenvalue weighted by molar-refractivity contribution is 5.87. The van der Waals surface area contributed by atoms with Gasteiger partial charge in [-0.05, 0) is 13.8 Å². The smallest absolute Gasteiger partial charge is 0.341 e. The number of allylic oxidation sites excluding steroid dienone is 1. The average molecular weight is 193 g/mol. The highest BCUT2D eigenvalue weighted by Gasteiger charge is 2.09. The number of hydrogen-bond acceptors (Lipinski definition) is 2. The lowest BCUT2D eigenvalue weighted by molar-refractivity contribution is 0.0695. The largest absolute Gasteiger partial charge is 0.477 e. The second kappa shape index (κ2) is 3.91. The van der Waals surface area contributed by atoms with Gasteiger partial charge in [-0.2, -0.15) is 0 Å². The molecule has 0 fully saturated rings. The van der Waals surface area contributed by atoms with Crippen LogP contribution in [-0.2, 0) is 0 Å². The van der Waals surface area contributed by atoms with E-state index >= 15 is 0 Å². The Bertz CT molecular complexity index is 443. The molecule has 0 unspecified atom stereocenters. The molecule has 0 aromatic carbocycles. The highest BCUT2D eigenvalue weighted by Crippen LogP contribution is 2.00.